The van der Waals surface area contributed by atoms with E-state index in [-0.39, 0.29) is 0 Å². The molecule has 1 aliphatic rings. The minimum Gasteiger partial charge on any atom is -0.491 e. The summed E-state index contributed by atoms with van der Waals surface area (Å²) in [5.41, 5.74) is 1.45. The van der Waals surface area contributed by atoms with E-state index in [9.17, 15) is 4.79 Å². The molecule has 4 nitrogen and oxygen atoms in total. The number of carbonyl (C=O) groups is 1. The first-order valence-corrected chi connectivity index (χ1v) is 8.22. The van der Waals surface area contributed by atoms with Crippen LogP contribution in [0.15, 0.2) is 42.2 Å². The largest absolute Gasteiger partial charge is 0.491 e. The normalized spacial score (nSPS) is 16.9. The molecule has 130 valence electrons. The van der Waals surface area contributed by atoms with Crippen molar-refractivity contribution < 1.29 is 19.4 Å². The Hall–Kier alpha value is -1.78. The molecule has 0 aromatic heterocycles. The smallest absolute Gasteiger partial charge is 0.335 e. The summed E-state index contributed by atoms with van der Waals surface area (Å²) in [6, 6.07) is 7.63. The van der Waals surface area contributed by atoms with Crippen molar-refractivity contribution in [3.63, 3.8) is 0 Å². The summed E-state index contributed by atoms with van der Waals surface area (Å²) in [5, 5.41) is 9.80. The Morgan fingerprint density at radius 2 is 1.92 bits per heavy atom. The SMILES string of the molecule is CC1(C)C=C(c2ccc(Cl)cc2)C(CCOC(C)(C)C(=O)O)=CO1. The highest BCUT2D eigenvalue weighted by atomic mass is 35.5. The number of benzene rings is 1. The first-order valence-electron chi connectivity index (χ1n) is 7.84. The first kappa shape index (κ1) is 18.6. The van der Waals surface area contributed by atoms with Gasteiger partial charge in [-0.1, -0.05) is 23.7 Å². The van der Waals surface area contributed by atoms with Crippen LogP contribution in [0.4, 0.5) is 0 Å². The average molecular weight is 351 g/mol. The van der Waals surface area contributed by atoms with Crippen molar-refractivity contribution in [2.24, 2.45) is 0 Å². The van der Waals surface area contributed by atoms with Crippen LogP contribution in [0.1, 0.15) is 39.7 Å². The number of hydrogen-bond acceptors (Lipinski definition) is 3. The minimum atomic E-state index is -1.21. The predicted molar refractivity (Wildman–Crippen MR) is 95.0 cm³/mol. The van der Waals surface area contributed by atoms with Crippen molar-refractivity contribution in [2.75, 3.05) is 6.61 Å². The summed E-state index contributed by atoms with van der Waals surface area (Å²) >= 11 is 5.97. The molecule has 5 heteroatoms. The van der Waals surface area contributed by atoms with E-state index in [0.717, 1.165) is 16.7 Å². The third kappa shape index (κ3) is 4.62. The van der Waals surface area contributed by atoms with Gasteiger partial charge in [-0.15, -0.1) is 0 Å². The zero-order chi connectivity index (χ0) is 18.0. The standard InChI is InChI=1S/C19H23ClO4/c1-18(2)11-16(13-5-7-15(20)8-6-13)14(12-24-18)9-10-23-19(3,4)17(21)22/h5-8,11-12H,9-10H2,1-4H3,(H,21,22). The Balaban J connectivity index is 2.16. The molecule has 1 N–H and O–H groups in total. The lowest BCUT2D eigenvalue weighted by Crippen LogP contribution is -2.35. The Kier molecular flexibility index (Phi) is 5.41. The summed E-state index contributed by atoms with van der Waals surface area (Å²) < 4.78 is 11.3. The van der Waals surface area contributed by atoms with Gasteiger partial charge in [0.05, 0.1) is 12.9 Å². The van der Waals surface area contributed by atoms with Crippen molar-refractivity contribution >= 4 is 23.1 Å². The van der Waals surface area contributed by atoms with Crippen LogP contribution in [0.25, 0.3) is 5.57 Å². The van der Waals surface area contributed by atoms with E-state index in [0.29, 0.717) is 18.1 Å². The van der Waals surface area contributed by atoms with Gasteiger partial charge in [-0.05, 0) is 69.0 Å². The molecule has 0 fully saturated rings. The van der Waals surface area contributed by atoms with Crippen molar-refractivity contribution in [3.8, 4) is 0 Å². The summed E-state index contributed by atoms with van der Waals surface area (Å²) in [5.74, 6) is -0.981. The van der Waals surface area contributed by atoms with Crippen LogP contribution in [0, 0.1) is 0 Å². The molecule has 1 aliphatic heterocycles. The van der Waals surface area contributed by atoms with Gasteiger partial charge in [-0.25, -0.2) is 4.79 Å². The average Bonchev–Trinajstić information content (AvgIpc) is 2.49. The molecule has 0 spiro atoms. The van der Waals surface area contributed by atoms with Crippen molar-refractivity contribution in [1.82, 2.24) is 0 Å². The molecule has 0 amide bonds. The van der Waals surface area contributed by atoms with Gasteiger partial charge >= 0.3 is 5.97 Å². The zero-order valence-corrected chi connectivity index (χ0v) is 15.2. The maximum atomic E-state index is 11.1. The van der Waals surface area contributed by atoms with Gasteiger partial charge in [-0.3, -0.25) is 0 Å². The molecule has 0 aliphatic carbocycles. The fraction of sp³-hybridized carbons (Fsp3) is 0.421. The lowest BCUT2D eigenvalue weighted by molar-refractivity contribution is -0.161. The molecule has 1 aromatic carbocycles. The van der Waals surface area contributed by atoms with E-state index in [1.54, 1.807) is 20.1 Å². The topological polar surface area (TPSA) is 55.8 Å². The molecule has 0 saturated heterocycles. The van der Waals surface area contributed by atoms with Crippen LogP contribution >= 0.6 is 11.6 Å². The summed E-state index contributed by atoms with van der Waals surface area (Å²) in [7, 11) is 0. The highest BCUT2D eigenvalue weighted by Crippen LogP contribution is 2.34. The van der Waals surface area contributed by atoms with Gasteiger partial charge in [0.25, 0.3) is 0 Å². The maximum Gasteiger partial charge on any atom is 0.335 e. The predicted octanol–water partition coefficient (Wildman–Crippen LogP) is 4.69. The van der Waals surface area contributed by atoms with Crippen LogP contribution in [-0.2, 0) is 14.3 Å². The third-order valence-corrected chi connectivity index (χ3v) is 4.10. The monoisotopic (exact) mass is 350 g/mol. The molecule has 2 rings (SSSR count). The summed E-state index contributed by atoms with van der Waals surface area (Å²) in [6.45, 7) is 7.35. The lowest BCUT2D eigenvalue weighted by atomic mass is 9.90. The second-order valence-corrected chi connectivity index (χ2v) is 7.28. The van der Waals surface area contributed by atoms with Crippen molar-refractivity contribution in [1.29, 1.82) is 0 Å². The fourth-order valence-corrected chi connectivity index (χ4v) is 2.46. The van der Waals surface area contributed by atoms with E-state index in [1.165, 1.54) is 0 Å². The van der Waals surface area contributed by atoms with Gasteiger partial charge in [0.2, 0.25) is 0 Å². The van der Waals surface area contributed by atoms with Gasteiger partial charge < -0.3 is 14.6 Å². The number of carboxylic acids is 1. The molecule has 0 radical (unpaired) electrons. The number of ether oxygens (including phenoxy) is 2. The van der Waals surface area contributed by atoms with Crippen LogP contribution < -0.4 is 0 Å². The molecule has 0 bridgehead atoms. The maximum absolute atomic E-state index is 11.1. The second-order valence-electron chi connectivity index (χ2n) is 6.84. The number of halogens is 1. The van der Waals surface area contributed by atoms with Crippen LogP contribution in [0.5, 0.6) is 0 Å². The first-order chi connectivity index (χ1) is 11.1. The van der Waals surface area contributed by atoms with E-state index < -0.39 is 17.2 Å². The van der Waals surface area contributed by atoms with E-state index in [2.05, 4.69) is 6.08 Å². The number of rotatable bonds is 6. The van der Waals surface area contributed by atoms with Crippen molar-refractivity contribution in [3.05, 3.63) is 52.8 Å². The molecular formula is C19H23ClO4. The van der Waals surface area contributed by atoms with Gasteiger partial charge in [0.1, 0.15) is 5.60 Å². The van der Waals surface area contributed by atoms with E-state index in [1.807, 2.05) is 38.1 Å². The minimum absolute atomic E-state index is 0.292. The van der Waals surface area contributed by atoms with Crippen LogP contribution in [-0.4, -0.2) is 28.9 Å². The molecule has 0 unspecified atom stereocenters. The molecule has 1 aromatic rings. The second kappa shape index (κ2) is 6.99. The van der Waals surface area contributed by atoms with Crippen molar-refractivity contribution in [2.45, 2.75) is 45.3 Å². The number of carboxylic acid groups (broad SMARTS) is 1. The third-order valence-electron chi connectivity index (χ3n) is 3.85. The van der Waals surface area contributed by atoms with E-state index >= 15 is 0 Å². The van der Waals surface area contributed by atoms with Gasteiger partial charge in [0, 0.05) is 5.02 Å². The quantitative estimate of drug-likeness (QED) is 0.808. The Morgan fingerprint density at radius 1 is 1.29 bits per heavy atom. The zero-order valence-electron chi connectivity index (χ0n) is 14.4. The molecular weight excluding hydrogens is 328 g/mol. The highest BCUT2D eigenvalue weighted by Gasteiger charge is 2.29. The Bertz CT molecular complexity index is 669. The number of hydrogen-bond donors (Lipinski definition) is 1. The Morgan fingerprint density at radius 3 is 2.50 bits per heavy atom. The van der Waals surface area contributed by atoms with Gasteiger partial charge in [-0.2, -0.15) is 0 Å². The fourth-order valence-electron chi connectivity index (χ4n) is 2.33. The number of aliphatic carboxylic acids is 1. The lowest BCUT2D eigenvalue weighted by Gasteiger charge is -2.29. The number of allylic oxidation sites excluding steroid dienone is 1. The molecule has 1 heterocycles. The summed E-state index contributed by atoms with van der Waals surface area (Å²) in [6.07, 6.45) is 4.36. The van der Waals surface area contributed by atoms with E-state index in [4.69, 9.17) is 26.2 Å². The summed E-state index contributed by atoms with van der Waals surface area (Å²) in [4.78, 5) is 11.1. The molecule has 0 saturated carbocycles. The highest BCUT2D eigenvalue weighted by molar-refractivity contribution is 6.30. The van der Waals surface area contributed by atoms with Crippen LogP contribution in [0.2, 0.25) is 5.02 Å². The molecule has 0 atom stereocenters. The van der Waals surface area contributed by atoms with Gasteiger partial charge in [0.15, 0.2) is 5.60 Å². The molecule has 24 heavy (non-hydrogen) atoms. The van der Waals surface area contributed by atoms with Crippen LogP contribution in [0.3, 0.4) is 0 Å². The Labute approximate surface area is 147 Å².